The zero-order valence-electron chi connectivity index (χ0n) is 15.8. The van der Waals surface area contributed by atoms with Crippen molar-refractivity contribution in [1.29, 1.82) is 0 Å². The number of anilines is 3. The highest BCUT2D eigenvalue weighted by Gasteiger charge is 2.24. The van der Waals surface area contributed by atoms with Crippen LogP contribution in [0.4, 0.5) is 23.0 Å². The largest absolute Gasteiger partial charge is 0.495 e. The molecule has 0 atom stereocenters. The first-order valence-corrected chi connectivity index (χ1v) is 9.04. The molecule has 0 unspecified atom stereocenters. The van der Waals surface area contributed by atoms with E-state index in [4.69, 9.17) is 16.3 Å². The van der Waals surface area contributed by atoms with Gasteiger partial charge >= 0.3 is 5.69 Å². The number of carbonyl (C=O) groups is 1. The first-order chi connectivity index (χ1) is 14.5. The van der Waals surface area contributed by atoms with Crippen molar-refractivity contribution in [3.8, 4) is 5.75 Å². The number of amides is 1. The molecule has 1 aromatic heterocycles. The third-order valence-electron chi connectivity index (χ3n) is 3.95. The smallest absolute Gasteiger partial charge is 0.355 e. The average Bonchev–Trinajstić information content (AvgIpc) is 2.73. The summed E-state index contributed by atoms with van der Waals surface area (Å²) in [6.45, 7) is 0. The summed E-state index contributed by atoms with van der Waals surface area (Å²) in [5.41, 5.74) is 5.62. The van der Waals surface area contributed by atoms with Crippen LogP contribution in [-0.4, -0.2) is 27.9 Å². The van der Waals surface area contributed by atoms with Gasteiger partial charge in [-0.15, -0.1) is 0 Å². The van der Waals surface area contributed by atoms with E-state index in [1.165, 1.54) is 7.11 Å². The molecule has 3 rings (SSSR count). The fraction of sp³-hybridized carbons (Fsp3) is 0.105. The maximum Gasteiger partial charge on any atom is 0.355 e. The van der Waals surface area contributed by atoms with E-state index in [1.807, 2.05) is 18.2 Å². The standard InChI is InChI=1S/C19H17ClN6O4/c1-30-15-8-7-13(20)10-14(15)23-18-17(26(28)29)19(22-11-21-18)25-24-16(27)9-12-5-3-2-4-6-12/h2-8,10-11H,9H2,1H3,(H,24,27)(H2,21,22,23,25). The van der Waals surface area contributed by atoms with Crippen molar-refractivity contribution in [2.24, 2.45) is 0 Å². The molecule has 1 amide bonds. The summed E-state index contributed by atoms with van der Waals surface area (Å²) in [6, 6.07) is 13.8. The maximum absolute atomic E-state index is 12.1. The van der Waals surface area contributed by atoms with Gasteiger partial charge in [-0.2, -0.15) is 0 Å². The van der Waals surface area contributed by atoms with E-state index >= 15 is 0 Å². The van der Waals surface area contributed by atoms with E-state index < -0.39 is 10.6 Å². The topological polar surface area (TPSA) is 131 Å². The van der Waals surface area contributed by atoms with Crippen molar-refractivity contribution in [3.63, 3.8) is 0 Å². The van der Waals surface area contributed by atoms with Crippen LogP contribution in [0.5, 0.6) is 5.75 Å². The van der Waals surface area contributed by atoms with E-state index in [1.54, 1.807) is 30.3 Å². The number of nitro groups is 1. The molecule has 1 heterocycles. The van der Waals surface area contributed by atoms with Gasteiger partial charge in [-0.1, -0.05) is 41.9 Å². The summed E-state index contributed by atoms with van der Waals surface area (Å²) < 4.78 is 5.23. The molecule has 0 aliphatic carbocycles. The molecular formula is C19H17ClN6O4. The minimum absolute atomic E-state index is 0.0948. The number of halogens is 1. The van der Waals surface area contributed by atoms with Gasteiger partial charge in [0.15, 0.2) is 0 Å². The summed E-state index contributed by atoms with van der Waals surface area (Å²) in [4.78, 5) is 30.9. The molecule has 0 aliphatic heterocycles. The Morgan fingerprint density at radius 2 is 1.90 bits per heavy atom. The lowest BCUT2D eigenvalue weighted by molar-refractivity contribution is -0.383. The summed E-state index contributed by atoms with van der Waals surface area (Å²) in [6.07, 6.45) is 1.22. The number of methoxy groups -OCH3 is 1. The highest BCUT2D eigenvalue weighted by molar-refractivity contribution is 6.31. The zero-order chi connectivity index (χ0) is 21.5. The molecule has 2 aromatic carbocycles. The quantitative estimate of drug-likeness (QED) is 0.367. The van der Waals surface area contributed by atoms with Crippen molar-refractivity contribution in [2.75, 3.05) is 17.9 Å². The zero-order valence-corrected chi connectivity index (χ0v) is 16.5. The van der Waals surface area contributed by atoms with E-state index in [9.17, 15) is 14.9 Å². The van der Waals surface area contributed by atoms with Crippen molar-refractivity contribution in [3.05, 3.63) is 75.6 Å². The Hall–Kier alpha value is -3.92. The SMILES string of the molecule is COc1ccc(Cl)cc1Nc1ncnc(NNC(=O)Cc2ccccc2)c1[N+](=O)[O-]. The predicted octanol–water partition coefficient (Wildman–Crippen LogP) is 3.48. The van der Waals surface area contributed by atoms with Crippen LogP contribution in [-0.2, 0) is 11.2 Å². The van der Waals surface area contributed by atoms with Crippen molar-refractivity contribution in [1.82, 2.24) is 15.4 Å². The van der Waals surface area contributed by atoms with Crippen molar-refractivity contribution >= 4 is 40.5 Å². The molecule has 154 valence electrons. The van der Waals surface area contributed by atoms with Gasteiger partial charge < -0.3 is 10.1 Å². The molecule has 0 radical (unpaired) electrons. The molecule has 0 fully saturated rings. The second-order valence-corrected chi connectivity index (χ2v) is 6.42. The maximum atomic E-state index is 12.1. The summed E-state index contributed by atoms with van der Waals surface area (Å²) >= 11 is 6.00. The average molecular weight is 429 g/mol. The molecule has 11 heteroatoms. The molecule has 3 N–H and O–H groups in total. The van der Waals surface area contributed by atoms with Gasteiger partial charge in [-0.25, -0.2) is 9.97 Å². The van der Waals surface area contributed by atoms with Gasteiger partial charge in [-0.3, -0.25) is 25.8 Å². The van der Waals surface area contributed by atoms with Crippen LogP contribution in [0.3, 0.4) is 0 Å². The van der Waals surface area contributed by atoms with Crippen LogP contribution in [0.15, 0.2) is 54.9 Å². The fourth-order valence-corrected chi connectivity index (χ4v) is 2.77. The first-order valence-electron chi connectivity index (χ1n) is 8.66. The van der Waals surface area contributed by atoms with Gasteiger partial charge in [0.05, 0.1) is 24.1 Å². The highest BCUT2D eigenvalue weighted by atomic mass is 35.5. The van der Waals surface area contributed by atoms with Crippen molar-refractivity contribution < 1.29 is 14.5 Å². The summed E-state index contributed by atoms with van der Waals surface area (Å²) in [5.74, 6) is -0.256. The Morgan fingerprint density at radius 3 is 2.60 bits per heavy atom. The van der Waals surface area contributed by atoms with Crippen LogP contribution < -0.4 is 20.9 Å². The van der Waals surface area contributed by atoms with Crippen LogP contribution in [0.25, 0.3) is 0 Å². The summed E-state index contributed by atoms with van der Waals surface area (Å²) in [5, 5.41) is 14.9. The van der Waals surface area contributed by atoms with E-state index in [2.05, 4.69) is 26.1 Å². The van der Waals surface area contributed by atoms with Crippen LogP contribution in [0.2, 0.25) is 5.02 Å². The van der Waals surface area contributed by atoms with Crippen LogP contribution in [0, 0.1) is 10.1 Å². The molecule has 10 nitrogen and oxygen atoms in total. The lowest BCUT2D eigenvalue weighted by Gasteiger charge is -2.13. The van der Waals surface area contributed by atoms with Gasteiger partial charge in [0, 0.05) is 5.02 Å². The molecule has 3 aromatic rings. The molecule has 0 saturated carbocycles. The highest BCUT2D eigenvalue weighted by Crippen LogP contribution is 2.35. The number of benzene rings is 2. The second-order valence-electron chi connectivity index (χ2n) is 5.98. The number of hydrogen-bond acceptors (Lipinski definition) is 8. The normalized spacial score (nSPS) is 10.2. The van der Waals surface area contributed by atoms with Gasteiger partial charge in [-0.05, 0) is 23.8 Å². The second kappa shape index (κ2) is 9.52. The van der Waals surface area contributed by atoms with Crippen LogP contribution in [0.1, 0.15) is 5.56 Å². The monoisotopic (exact) mass is 428 g/mol. The Balaban J connectivity index is 1.80. The molecule has 30 heavy (non-hydrogen) atoms. The first kappa shape index (κ1) is 20.8. The number of hydrogen-bond donors (Lipinski definition) is 3. The molecule has 0 bridgehead atoms. The number of nitrogens with one attached hydrogen (secondary N) is 3. The van der Waals surface area contributed by atoms with Gasteiger partial charge in [0.1, 0.15) is 12.1 Å². The van der Waals surface area contributed by atoms with E-state index in [0.29, 0.717) is 16.5 Å². The lowest BCUT2D eigenvalue weighted by atomic mass is 10.1. The number of ether oxygens (including phenoxy) is 1. The van der Waals surface area contributed by atoms with Crippen LogP contribution >= 0.6 is 11.6 Å². The summed E-state index contributed by atoms with van der Waals surface area (Å²) in [7, 11) is 1.46. The molecule has 0 saturated heterocycles. The fourth-order valence-electron chi connectivity index (χ4n) is 2.59. The molecular weight excluding hydrogens is 412 g/mol. The number of aromatic nitrogens is 2. The Bertz CT molecular complexity index is 1060. The number of carbonyl (C=O) groups excluding carboxylic acids is 1. The van der Waals surface area contributed by atoms with E-state index in [0.717, 1.165) is 11.9 Å². The lowest BCUT2D eigenvalue weighted by Crippen LogP contribution is -2.31. The number of rotatable bonds is 8. The molecule has 0 aliphatic rings. The Kier molecular flexibility index (Phi) is 6.60. The van der Waals surface area contributed by atoms with Gasteiger partial charge in [0.25, 0.3) is 0 Å². The van der Waals surface area contributed by atoms with Gasteiger partial charge in [0.2, 0.25) is 17.5 Å². The van der Waals surface area contributed by atoms with E-state index in [-0.39, 0.29) is 24.0 Å². The Labute approximate surface area is 176 Å². The van der Waals surface area contributed by atoms with Crippen molar-refractivity contribution in [2.45, 2.75) is 6.42 Å². The predicted molar refractivity (Wildman–Crippen MR) is 112 cm³/mol. The minimum Gasteiger partial charge on any atom is -0.495 e. The number of hydrazine groups is 1. The third kappa shape index (κ3) is 5.11. The Morgan fingerprint density at radius 1 is 1.17 bits per heavy atom. The third-order valence-corrected chi connectivity index (χ3v) is 4.18. The molecule has 0 spiro atoms. The number of nitrogens with zero attached hydrogens (tertiary/aromatic N) is 3. The minimum atomic E-state index is -0.662.